The molecule has 0 aromatic carbocycles. The summed E-state index contributed by atoms with van der Waals surface area (Å²) in [5.74, 6) is 0. The van der Waals surface area contributed by atoms with Crippen LogP contribution in [0.25, 0.3) is 0 Å². The monoisotopic (exact) mass is 447 g/mol. The van der Waals surface area contributed by atoms with Crippen molar-refractivity contribution in [2.75, 3.05) is 6.54 Å². The van der Waals surface area contributed by atoms with E-state index in [0.29, 0.717) is 4.34 Å². The van der Waals surface area contributed by atoms with E-state index in [4.69, 9.17) is 23.2 Å². The highest BCUT2D eigenvalue weighted by Gasteiger charge is 2.22. The zero-order valence-corrected chi connectivity index (χ0v) is 15.6. The van der Waals surface area contributed by atoms with Crippen molar-refractivity contribution in [1.82, 2.24) is 5.32 Å². The average molecular weight is 450 g/mol. The van der Waals surface area contributed by atoms with Crippen LogP contribution < -0.4 is 5.32 Å². The summed E-state index contributed by atoms with van der Waals surface area (Å²) in [6, 6.07) is 4.09. The van der Waals surface area contributed by atoms with Gasteiger partial charge in [-0.2, -0.15) is 0 Å². The molecule has 1 N–H and O–H groups in total. The maximum absolute atomic E-state index is 6.26. The fourth-order valence-electron chi connectivity index (χ4n) is 1.69. The van der Waals surface area contributed by atoms with Crippen molar-refractivity contribution in [2.45, 2.75) is 13.0 Å². The van der Waals surface area contributed by atoms with E-state index in [9.17, 15) is 0 Å². The molecule has 18 heavy (non-hydrogen) atoms. The van der Waals surface area contributed by atoms with Crippen molar-refractivity contribution in [3.05, 3.63) is 39.5 Å². The van der Waals surface area contributed by atoms with Gasteiger partial charge in [-0.15, -0.1) is 22.7 Å². The van der Waals surface area contributed by atoms with Gasteiger partial charge < -0.3 is 5.32 Å². The Morgan fingerprint density at radius 3 is 2.39 bits per heavy atom. The fourth-order valence-corrected chi connectivity index (χ4v) is 6.13. The van der Waals surface area contributed by atoms with Gasteiger partial charge in [0.05, 0.1) is 22.3 Å². The van der Waals surface area contributed by atoms with Crippen LogP contribution in [0.2, 0.25) is 8.67 Å². The Hall–Kier alpha value is 0.900. The van der Waals surface area contributed by atoms with E-state index in [-0.39, 0.29) is 6.04 Å². The van der Waals surface area contributed by atoms with Crippen LogP contribution in [0.5, 0.6) is 0 Å². The summed E-state index contributed by atoms with van der Waals surface area (Å²) < 4.78 is 3.63. The molecule has 0 spiro atoms. The largest absolute Gasteiger partial charge is 0.306 e. The third-order valence-electron chi connectivity index (χ3n) is 2.40. The van der Waals surface area contributed by atoms with Crippen molar-refractivity contribution < 1.29 is 0 Å². The molecule has 2 aromatic heterocycles. The Morgan fingerprint density at radius 1 is 1.22 bits per heavy atom. The quantitative estimate of drug-likeness (QED) is 0.574. The number of nitrogens with one attached hydrogen (secondary N) is 1. The van der Waals surface area contributed by atoms with Crippen molar-refractivity contribution in [1.29, 1.82) is 0 Å². The SMILES string of the molecule is CCNC(c1cc(Cl)sc1Cl)c1cc(Br)sc1Br. The number of thiophene rings is 2. The molecule has 2 aromatic rings. The lowest BCUT2D eigenvalue weighted by molar-refractivity contribution is 0.632. The lowest BCUT2D eigenvalue weighted by Gasteiger charge is -2.17. The number of rotatable bonds is 4. The average Bonchev–Trinajstić information content (AvgIpc) is 2.78. The highest BCUT2D eigenvalue weighted by atomic mass is 79.9. The van der Waals surface area contributed by atoms with Gasteiger partial charge >= 0.3 is 0 Å². The molecule has 0 bridgehead atoms. The highest BCUT2D eigenvalue weighted by molar-refractivity contribution is 9.12. The number of hydrogen-bond acceptors (Lipinski definition) is 3. The van der Waals surface area contributed by atoms with E-state index in [2.05, 4.69) is 50.2 Å². The van der Waals surface area contributed by atoms with Gasteiger partial charge in [0.2, 0.25) is 0 Å². The number of halogens is 4. The zero-order valence-electron chi connectivity index (χ0n) is 9.27. The topological polar surface area (TPSA) is 12.0 Å². The van der Waals surface area contributed by atoms with E-state index >= 15 is 0 Å². The van der Waals surface area contributed by atoms with Crippen molar-refractivity contribution in [3.63, 3.8) is 0 Å². The molecule has 0 saturated heterocycles. The molecule has 0 fully saturated rings. The van der Waals surface area contributed by atoms with Crippen LogP contribution >= 0.6 is 77.7 Å². The fraction of sp³-hybridized carbons (Fsp3) is 0.273. The maximum atomic E-state index is 6.26. The molecule has 0 amide bonds. The lowest BCUT2D eigenvalue weighted by atomic mass is 10.0. The van der Waals surface area contributed by atoms with Crippen LogP contribution in [-0.4, -0.2) is 6.54 Å². The van der Waals surface area contributed by atoms with Crippen LogP contribution in [0, 0.1) is 0 Å². The van der Waals surface area contributed by atoms with Gasteiger partial charge in [0.25, 0.3) is 0 Å². The second-order valence-corrected chi connectivity index (χ2v) is 9.58. The van der Waals surface area contributed by atoms with E-state index in [1.54, 1.807) is 11.3 Å². The first-order chi connectivity index (χ1) is 8.52. The van der Waals surface area contributed by atoms with Gasteiger partial charge in [-0.3, -0.25) is 0 Å². The molecular formula is C11H9Br2Cl2NS2. The Labute approximate surface area is 141 Å². The van der Waals surface area contributed by atoms with Gasteiger partial charge in [-0.1, -0.05) is 30.1 Å². The first-order valence-corrected chi connectivity index (χ1v) is 9.13. The van der Waals surface area contributed by atoms with Gasteiger partial charge in [-0.05, 0) is 56.1 Å². The Morgan fingerprint density at radius 2 is 1.94 bits per heavy atom. The molecule has 0 aliphatic rings. The van der Waals surface area contributed by atoms with Crippen molar-refractivity contribution >= 4 is 77.7 Å². The van der Waals surface area contributed by atoms with E-state index in [1.165, 1.54) is 16.9 Å². The Bertz CT molecular complexity index is 507. The summed E-state index contributed by atoms with van der Waals surface area (Å²) in [5.41, 5.74) is 2.20. The van der Waals surface area contributed by atoms with Crippen molar-refractivity contribution in [2.24, 2.45) is 0 Å². The van der Waals surface area contributed by atoms with E-state index in [1.807, 2.05) is 6.07 Å². The molecule has 0 aliphatic heterocycles. The predicted molar refractivity (Wildman–Crippen MR) is 89.6 cm³/mol. The van der Waals surface area contributed by atoms with Crippen LogP contribution in [0.1, 0.15) is 24.1 Å². The summed E-state index contributed by atoms with van der Waals surface area (Å²) in [6.07, 6.45) is 0. The summed E-state index contributed by atoms with van der Waals surface area (Å²) >= 11 is 22.4. The molecule has 1 atom stereocenters. The second kappa shape index (κ2) is 6.57. The minimum absolute atomic E-state index is 0.0585. The molecular weight excluding hydrogens is 441 g/mol. The highest BCUT2D eigenvalue weighted by Crippen LogP contribution is 2.42. The normalized spacial score (nSPS) is 12.9. The van der Waals surface area contributed by atoms with Gasteiger partial charge in [-0.25, -0.2) is 0 Å². The minimum Gasteiger partial charge on any atom is -0.306 e. The standard InChI is InChI=1S/C11H9Br2Cl2NS2/c1-2-16-9(5-3-7(12)17-10(5)13)6-4-8(14)18-11(6)15/h3-4,9,16H,2H2,1H3. The second-order valence-electron chi connectivity index (χ2n) is 3.55. The lowest BCUT2D eigenvalue weighted by Crippen LogP contribution is -2.21. The molecule has 0 aliphatic carbocycles. The first kappa shape index (κ1) is 15.3. The van der Waals surface area contributed by atoms with Crippen LogP contribution in [0.4, 0.5) is 0 Å². The Kier molecular flexibility index (Phi) is 5.58. The van der Waals surface area contributed by atoms with Crippen molar-refractivity contribution in [3.8, 4) is 0 Å². The van der Waals surface area contributed by atoms with E-state index in [0.717, 1.165) is 24.0 Å². The molecule has 2 heterocycles. The van der Waals surface area contributed by atoms with Gasteiger partial charge in [0.1, 0.15) is 0 Å². The number of hydrogen-bond donors (Lipinski definition) is 1. The summed E-state index contributed by atoms with van der Waals surface area (Å²) in [5, 5.41) is 3.44. The molecule has 1 unspecified atom stereocenters. The molecule has 0 saturated carbocycles. The minimum atomic E-state index is 0.0585. The third kappa shape index (κ3) is 3.32. The third-order valence-corrected chi connectivity index (χ3v) is 6.30. The molecule has 2 rings (SSSR count). The Balaban J connectivity index is 2.46. The summed E-state index contributed by atoms with van der Waals surface area (Å²) in [4.78, 5) is 0. The first-order valence-electron chi connectivity index (χ1n) is 5.15. The summed E-state index contributed by atoms with van der Waals surface area (Å²) in [6.45, 7) is 2.93. The van der Waals surface area contributed by atoms with Crippen LogP contribution in [0.15, 0.2) is 19.7 Å². The van der Waals surface area contributed by atoms with Crippen LogP contribution in [-0.2, 0) is 0 Å². The molecule has 7 heteroatoms. The molecule has 98 valence electrons. The zero-order chi connectivity index (χ0) is 13.3. The summed E-state index contributed by atoms with van der Waals surface area (Å²) in [7, 11) is 0. The van der Waals surface area contributed by atoms with Gasteiger partial charge in [0.15, 0.2) is 0 Å². The van der Waals surface area contributed by atoms with Crippen LogP contribution in [0.3, 0.4) is 0 Å². The maximum Gasteiger partial charge on any atom is 0.0995 e. The predicted octanol–water partition coefficient (Wildman–Crippen LogP) is 6.34. The van der Waals surface area contributed by atoms with Gasteiger partial charge in [0, 0.05) is 5.56 Å². The molecule has 0 radical (unpaired) electrons. The molecule has 1 nitrogen and oxygen atoms in total. The smallest absolute Gasteiger partial charge is 0.0995 e. The van der Waals surface area contributed by atoms with E-state index < -0.39 is 0 Å².